The van der Waals surface area contributed by atoms with Crippen molar-refractivity contribution in [1.29, 1.82) is 0 Å². The molecule has 102 heavy (non-hydrogen) atoms. The lowest BCUT2D eigenvalue weighted by Gasteiger charge is -2.21. The molecule has 0 aromatic carbocycles. The van der Waals surface area contributed by atoms with Gasteiger partial charge < -0.3 is 33.8 Å². The largest absolute Gasteiger partial charge is 0.472 e. The predicted octanol–water partition coefficient (Wildman–Crippen LogP) is 25.1. The number of phosphoric acid groups is 2. The van der Waals surface area contributed by atoms with Crippen molar-refractivity contribution in [2.24, 2.45) is 11.8 Å². The molecule has 0 amide bonds. The molecule has 0 spiro atoms. The van der Waals surface area contributed by atoms with Gasteiger partial charge in [0.1, 0.15) is 19.3 Å². The van der Waals surface area contributed by atoms with Crippen molar-refractivity contribution in [3.8, 4) is 0 Å². The van der Waals surface area contributed by atoms with Gasteiger partial charge in [0.25, 0.3) is 0 Å². The molecule has 606 valence electrons. The van der Waals surface area contributed by atoms with Gasteiger partial charge in [0.2, 0.25) is 0 Å². The Labute approximate surface area is 626 Å². The Kier molecular flexibility index (Phi) is 73.1. The summed E-state index contributed by atoms with van der Waals surface area (Å²) in [7, 11) is -9.92. The third kappa shape index (κ3) is 76.3. The number of phosphoric ester groups is 2. The Morgan fingerprint density at radius 2 is 0.451 bits per heavy atom. The average molecular weight is 1490 g/mol. The van der Waals surface area contributed by atoms with Crippen molar-refractivity contribution in [2.45, 2.75) is 458 Å². The van der Waals surface area contributed by atoms with Crippen molar-refractivity contribution in [3.63, 3.8) is 0 Å². The Morgan fingerprint density at radius 3 is 0.667 bits per heavy atom. The lowest BCUT2D eigenvalue weighted by atomic mass is 10.0. The highest BCUT2D eigenvalue weighted by Gasteiger charge is 2.30. The molecule has 3 N–H and O–H groups in total. The van der Waals surface area contributed by atoms with E-state index in [-0.39, 0.29) is 25.7 Å². The molecule has 0 bridgehead atoms. The number of aliphatic hydroxyl groups is 1. The van der Waals surface area contributed by atoms with Crippen LogP contribution < -0.4 is 0 Å². The highest BCUT2D eigenvalue weighted by Crippen LogP contribution is 2.45. The van der Waals surface area contributed by atoms with E-state index in [1.54, 1.807) is 0 Å². The van der Waals surface area contributed by atoms with Gasteiger partial charge in [-0.1, -0.05) is 388 Å². The number of ether oxygens (including phenoxy) is 4. The topological polar surface area (TPSA) is 237 Å². The maximum Gasteiger partial charge on any atom is 0.472 e. The molecule has 0 radical (unpaired) electrons. The zero-order valence-electron chi connectivity index (χ0n) is 66.9. The average Bonchev–Trinajstić information content (AvgIpc) is 0.922. The number of unbranched alkanes of at least 4 members (excludes halogenated alkanes) is 52. The van der Waals surface area contributed by atoms with Crippen molar-refractivity contribution >= 4 is 39.5 Å². The quantitative estimate of drug-likeness (QED) is 0.0222. The van der Waals surface area contributed by atoms with Crippen LogP contribution in [0.25, 0.3) is 0 Å². The lowest BCUT2D eigenvalue weighted by molar-refractivity contribution is -0.161. The molecule has 0 aromatic rings. The Morgan fingerprint density at radius 1 is 0.265 bits per heavy atom. The Balaban J connectivity index is 5.19. The van der Waals surface area contributed by atoms with Crippen LogP contribution >= 0.6 is 15.6 Å². The normalized spacial score (nSPS) is 13.9. The summed E-state index contributed by atoms with van der Waals surface area (Å²) in [6.45, 7) is 9.69. The van der Waals surface area contributed by atoms with Gasteiger partial charge in [0.15, 0.2) is 12.2 Å². The summed E-state index contributed by atoms with van der Waals surface area (Å²) in [5.74, 6) is -0.488. The van der Waals surface area contributed by atoms with Crippen LogP contribution in [0, 0.1) is 11.8 Å². The van der Waals surface area contributed by atoms with Crippen LogP contribution in [0.4, 0.5) is 0 Å². The summed E-state index contributed by atoms with van der Waals surface area (Å²) >= 11 is 0. The molecule has 0 aliphatic heterocycles. The maximum atomic E-state index is 13.1. The zero-order valence-corrected chi connectivity index (χ0v) is 68.7. The first kappa shape index (κ1) is 100. The molecule has 0 heterocycles. The number of carbonyl (C=O) groups excluding carboxylic acids is 4. The molecule has 17 nitrogen and oxygen atoms in total. The Hall–Kier alpha value is -1.94. The third-order valence-electron chi connectivity index (χ3n) is 19.5. The number of aliphatic hydroxyl groups excluding tert-OH is 1. The van der Waals surface area contributed by atoms with E-state index in [0.717, 1.165) is 108 Å². The molecule has 2 unspecified atom stereocenters. The minimum atomic E-state index is -4.96. The molecule has 19 heteroatoms. The minimum Gasteiger partial charge on any atom is -0.462 e. The second-order valence-corrected chi connectivity index (χ2v) is 33.7. The van der Waals surface area contributed by atoms with Crippen LogP contribution in [-0.4, -0.2) is 96.7 Å². The van der Waals surface area contributed by atoms with Gasteiger partial charge >= 0.3 is 39.5 Å². The summed E-state index contributed by atoms with van der Waals surface area (Å²) < 4.78 is 68.7. The van der Waals surface area contributed by atoms with Crippen LogP contribution in [-0.2, 0) is 65.4 Å². The molecule has 0 fully saturated rings. The van der Waals surface area contributed by atoms with Crippen molar-refractivity contribution in [1.82, 2.24) is 0 Å². The fourth-order valence-electron chi connectivity index (χ4n) is 12.9. The van der Waals surface area contributed by atoms with E-state index in [2.05, 4.69) is 41.5 Å². The predicted molar refractivity (Wildman–Crippen MR) is 418 cm³/mol. The summed E-state index contributed by atoms with van der Waals surface area (Å²) in [6.07, 6.45) is 65.3. The zero-order chi connectivity index (χ0) is 74.9. The number of carbonyl (C=O) groups is 4. The molecule has 0 saturated carbocycles. The first-order valence-corrected chi connectivity index (χ1v) is 46.0. The van der Waals surface area contributed by atoms with Crippen molar-refractivity contribution in [2.75, 3.05) is 39.6 Å². The van der Waals surface area contributed by atoms with E-state index in [1.165, 1.54) is 250 Å². The third-order valence-corrected chi connectivity index (χ3v) is 21.4. The Bertz CT molecular complexity index is 1960. The van der Waals surface area contributed by atoms with Gasteiger partial charge in [0.05, 0.1) is 26.4 Å². The number of rotatable bonds is 82. The molecule has 0 aromatic heterocycles. The van der Waals surface area contributed by atoms with E-state index >= 15 is 0 Å². The van der Waals surface area contributed by atoms with Gasteiger partial charge in [-0.2, -0.15) is 0 Å². The fourth-order valence-corrected chi connectivity index (χ4v) is 14.5. The van der Waals surface area contributed by atoms with E-state index < -0.39 is 97.5 Å². The van der Waals surface area contributed by atoms with Crippen LogP contribution in [0.1, 0.15) is 440 Å². The first-order valence-electron chi connectivity index (χ1n) is 43.0. The first-order chi connectivity index (χ1) is 49.4. The van der Waals surface area contributed by atoms with Gasteiger partial charge in [-0.15, -0.1) is 0 Å². The van der Waals surface area contributed by atoms with Crippen molar-refractivity contribution < 1.29 is 80.2 Å². The lowest BCUT2D eigenvalue weighted by Crippen LogP contribution is -2.30. The second kappa shape index (κ2) is 74.5. The standard InChI is InChI=1S/C83H162O17P2/c1-7-9-11-13-15-17-18-19-20-26-33-38-43-49-55-61-67-82(87)99-78(71-93-80(85)65-59-53-47-16-14-12-10-8-2)73-97-101(89,90)95-69-77(84)70-96-102(91,92)98-74-79(72-94-81(86)66-60-54-48-42-37-32-29-28-31-36-41-46-52-58-64-76(5)6)100-83(88)68-62-56-50-44-39-34-27-24-22-21-23-25-30-35-40-45-51-57-63-75(3)4/h75-79,84H,7-74H2,1-6H3,(H,89,90)(H,91,92)/t77-,78+,79+/m0/s1. The molecule has 0 aliphatic carbocycles. The minimum absolute atomic E-state index is 0.108. The summed E-state index contributed by atoms with van der Waals surface area (Å²) in [6, 6.07) is 0. The smallest absolute Gasteiger partial charge is 0.462 e. The second-order valence-electron chi connectivity index (χ2n) is 30.8. The molecular weight excluding hydrogens is 1330 g/mol. The van der Waals surface area contributed by atoms with Gasteiger partial charge in [-0.25, -0.2) is 9.13 Å². The van der Waals surface area contributed by atoms with Gasteiger partial charge in [-0.3, -0.25) is 37.3 Å². The maximum absolute atomic E-state index is 13.1. The monoisotopic (exact) mass is 1490 g/mol. The van der Waals surface area contributed by atoms with Crippen molar-refractivity contribution in [3.05, 3.63) is 0 Å². The molecular formula is C83H162O17P2. The molecule has 5 atom stereocenters. The molecule has 0 aliphatic rings. The van der Waals surface area contributed by atoms with Crippen LogP contribution in [0.3, 0.4) is 0 Å². The van der Waals surface area contributed by atoms with E-state index in [1.807, 2.05) is 0 Å². The van der Waals surface area contributed by atoms with Gasteiger partial charge in [0, 0.05) is 25.7 Å². The fraction of sp³-hybridized carbons (Fsp3) is 0.952. The number of hydrogen-bond donors (Lipinski definition) is 3. The van der Waals surface area contributed by atoms with E-state index in [0.29, 0.717) is 25.7 Å². The highest BCUT2D eigenvalue weighted by molar-refractivity contribution is 7.47. The molecule has 0 saturated heterocycles. The van der Waals surface area contributed by atoms with E-state index in [9.17, 15) is 43.2 Å². The summed E-state index contributed by atoms with van der Waals surface area (Å²) in [5.41, 5.74) is 0. The van der Waals surface area contributed by atoms with Crippen LogP contribution in [0.2, 0.25) is 0 Å². The summed E-state index contributed by atoms with van der Waals surface area (Å²) in [4.78, 5) is 73.0. The van der Waals surface area contributed by atoms with E-state index in [4.69, 9.17) is 37.0 Å². The van der Waals surface area contributed by atoms with Crippen LogP contribution in [0.15, 0.2) is 0 Å². The summed E-state index contributed by atoms with van der Waals surface area (Å²) in [5, 5.41) is 10.6. The SMILES string of the molecule is CCCCCCCCCCCCCCCCCCC(=O)O[C@H](COC(=O)CCCCCCCCCC)COP(=O)(O)OC[C@H](O)COP(=O)(O)OC[C@@H](COC(=O)CCCCCCCCCCCCCCCCC(C)C)OC(=O)CCCCCCCCCCCCCCCCCCCCC(C)C. The number of hydrogen-bond acceptors (Lipinski definition) is 15. The van der Waals surface area contributed by atoms with Crippen LogP contribution in [0.5, 0.6) is 0 Å². The number of esters is 4. The van der Waals surface area contributed by atoms with Gasteiger partial charge in [-0.05, 0) is 37.5 Å². The highest BCUT2D eigenvalue weighted by atomic mass is 31.2. The molecule has 0 rings (SSSR count).